The second kappa shape index (κ2) is 6.66. The lowest BCUT2D eigenvalue weighted by atomic mass is 9.89. The molecule has 0 bridgehead atoms. The molecule has 2 unspecified atom stereocenters. The van der Waals surface area contributed by atoms with E-state index in [4.69, 9.17) is 0 Å². The number of carbonyl (C=O) groups is 1. The van der Waals surface area contributed by atoms with E-state index in [0.29, 0.717) is 16.4 Å². The molecular formula is C13H16Br2N2O. The van der Waals surface area contributed by atoms with Crippen LogP contribution in [0.3, 0.4) is 0 Å². The third kappa shape index (κ3) is 3.79. The number of hydrogen-bond donors (Lipinski definition) is 1. The fourth-order valence-corrected chi connectivity index (χ4v) is 3.23. The molecule has 1 aliphatic carbocycles. The molecule has 1 heterocycles. The van der Waals surface area contributed by atoms with Gasteiger partial charge in [-0.2, -0.15) is 0 Å². The van der Waals surface area contributed by atoms with Gasteiger partial charge in [0.15, 0.2) is 0 Å². The highest BCUT2D eigenvalue weighted by Gasteiger charge is 2.23. The Balaban J connectivity index is 1.86. The van der Waals surface area contributed by atoms with Gasteiger partial charge in [0.25, 0.3) is 5.91 Å². The molecule has 2 rings (SSSR count). The van der Waals surface area contributed by atoms with Gasteiger partial charge in [-0.15, -0.1) is 0 Å². The zero-order valence-corrected chi connectivity index (χ0v) is 13.2. The van der Waals surface area contributed by atoms with Crippen molar-refractivity contribution in [2.45, 2.75) is 30.5 Å². The number of hydrogen-bond acceptors (Lipinski definition) is 2. The van der Waals surface area contributed by atoms with E-state index in [1.165, 1.54) is 25.7 Å². The van der Waals surface area contributed by atoms with Crippen molar-refractivity contribution in [1.29, 1.82) is 0 Å². The molecule has 0 spiro atoms. The number of pyridine rings is 1. The Hall–Kier alpha value is -0.420. The van der Waals surface area contributed by atoms with Gasteiger partial charge in [-0.3, -0.25) is 4.79 Å². The van der Waals surface area contributed by atoms with Gasteiger partial charge in [0.05, 0.1) is 0 Å². The Kier molecular flexibility index (Phi) is 5.18. The lowest BCUT2D eigenvalue weighted by molar-refractivity contribution is 0.0939. The Morgan fingerprint density at radius 1 is 1.39 bits per heavy atom. The van der Waals surface area contributed by atoms with Crippen LogP contribution in [-0.4, -0.2) is 22.3 Å². The van der Waals surface area contributed by atoms with Gasteiger partial charge in [0.2, 0.25) is 0 Å². The standard InChI is InChI=1S/C13H16Br2N2O/c14-10-5-6-12(16-8-10)13(18)17-7-9-3-1-2-4-11(9)15/h5-6,8-9,11H,1-4,7H2,(H,17,18). The van der Waals surface area contributed by atoms with Gasteiger partial charge < -0.3 is 5.32 Å². The van der Waals surface area contributed by atoms with Crippen molar-refractivity contribution in [3.05, 3.63) is 28.5 Å². The van der Waals surface area contributed by atoms with Gasteiger partial charge in [0.1, 0.15) is 5.69 Å². The van der Waals surface area contributed by atoms with E-state index in [1.54, 1.807) is 12.3 Å². The SMILES string of the molecule is O=C(NCC1CCCCC1Br)c1ccc(Br)cn1. The Morgan fingerprint density at radius 2 is 2.17 bits per heavy atom. The minimum absolute atomic E-state index is 0.0900. The van der Waals surface area contributed by atoms with Crippen molar-refractivity contribution >= 4 is 37.8 Å². The van der Waals surface area contributed by atoms with Crippen molar-refractivity contribution in [1.82, 2.24) is 10.3 Å². The zero-order valence-electron chi connectivity index (χ0n) is 10.0. The molecule has 18 heavy (non-hydrogen) atoms. The number of nitrogens with one attached hydrogen (secondary N) is 1. The molecule has 1 fully saturated rings. The van der Waals surface area contributed by atoms with Crippen molar-refractivity contribution < 1.29 is 4.79 Å². The Labute approximate surface area is 124 Å². The van der Waals surface area contributed by atoms with Crippen molar-refractivity contribution in [2.75, 3.05) is 6.54 Å². The maximum Gasteiger partial charge on any atom is 0.269 e. The number of nitrogens with zero attached hydrogens (tertiary/aromatic N) is 1. The van der Waals surface area contributed by atoms with Crippen LogP contribution in [0.1, 0.15) is 36.2 Å². The lowest BCUT2D eigenvalue weighted by Gasteiger charge is -2.27. The number of aromatic nitrogens is 1. The Morgan fingerprint density at radius 3 is 2.83 bits per heavy atom. The molecule has 0 radical (unpaired) electrons. The van der Waals surface area contributed by atoms with Crippen molar-refractivity contribution in [3.8, 4) is 0 Å². The average Bonchev–Trinajstić information content (AvgIpc) is 2.38. The number of alkyl halides is 1. The summed E-state index contributed by atoms with van der Waals surface area (Å²) in [5.41, 5.74) is 0.472. The van der Waals surface area contributed by atoms with E-state index in [1.807, 2.05) is 6.07 Å². The minimum Gasteiger partial charge on any atom is -0.350 e. The van der Waals surface area contributed by atoms with Crippen LogP contribution in [-0.2, 0) is 0 Å². The summed E-state index contributed by atoms with van der Waals surface area (Å²) in [6, 6.07) is 3.56. The highest BCUT2D eigenvalue weighted by atomic mass is 79.9. The fraction of sp³-hybridized carbons (Fsp3) is 0.538. The van der Waals surface area contributed by atoms with Crippen molar-refractivity contribution in [3.63, 3.8) is 0 Å². The fourth-order valence-electron chi connectivity index (χ4n) is 2.22. The normalized spacial score (nSPS) is 23.7. The number of amides is 1. The van der Waals surface area contributed by atoms with Crippen LogP contribution in [0.5, 0.6) is 0 Å². The first-order valence-electron chi connectivity index (χ1n) is 6.20. The summed E-state index contributed by atoms with van der Waals surface area (Å²) in [6.07, 6.45) is 6.58. The third-order valence-electron chi connectivity index (χ3n) is 3.30. The maximum atomic E-state index is 11.9. The highest BCUT2D eigenvalue weighted by Crippen LogP contribution is 2.29. The maximum absolute atomic E-state index is 11.9. The monoisotopic (exact) mass is 374 g/mol. The third-order valence-corrected chi connectivity index (χ3v) is 4.98. The van der Waals surface area contributed by atoms with Gasteiger partial charge in [-0.05, 0) is 46.8 Å². The van der Waals surface area contributed by atoms with Crippen LogP contribution in [0.25, 0.3) is 0 Å². The molecule has 0 saturated heterocycles. The summed E-state index contributed by atoms with van der Waals surface area (Å²) in [7, 11) is 0. The molecule has 1 amide bonds. The highest BCUT2D eigenvalue weighted by molar-refractivity contribution is 9.10. The minimum atomic E-state index is -0.0900. The van der Waals surface area contributed by atoms with Crippen LogP contribution in [0.4, 0.5) is 0 Å². The number of halogens is 2. The molecule has 0 aliphatic heterocycles. The van der Waals surface area contributed by atoms with E-state index < -0.39 is 0 Å². The van der Waals surface area contributed by atoms with Gasteiger partial charge in [-0.25, -0.2) is 4.98 Å². The first kappa shape index (κ1) is 14.0. The summed E-state index contributed by atoms with van der Waals surface area (Å²) in [5.74, 6) is 0.450. The molecule has 1 aromatic rings. The Bertz CT molecular complexity index is 408. The van der Waals surface area contributed by atoms with Crippen molar-refractivity contribution in [2.24, 2.45) is 5.92 Å². The predicted octanol–water partition coefficient (Wildman–Crippen LogP) is 3.53. The molecule has 5 heteroatoms. The van der Waals surface area contributed by atoms with Crippen LogP contribution < -0.4 is 5.32 Å². The molecule has 2 atom stereocenters. The molecule has 3 nitrogen and oxygen atoms in total. The molecular weight excluding hydrogens is 360 g/mol. The number of rotatable bonds is 3. The van der Waals surface area contributed by atoms with Gasteiger partial charge >= 0.3 is 0 Å². The van der Waals surface area contributed by atoms with Crippen LogP contribution >= 0.6 is 31.9 Å². The largest absolute Gasteiger partial charge is 0.350 e. The molecule has 1 saturated carbocycles. The summed E-state index contributed by atoms with van der Waals surface area (Å²) in [5, 5.41) is 2.97. The first-order chi connectivity index (χ1) is 8.66. The summed E-state index contributed by atoms with van der Waals surface area (Å²) in [4.78, 5) is 16.5. The van der Waals surface area contributed by atoms with E-state index in [9.17, 15) is 4.79 Å². The van der Waals surface area contributed by atoms with Gasteiger partial charge in [0, 0.05) is 22.0 Å². The summed E-state index contributed by atoms with van der Waals surface area (Å²) >= 11 is 7.00. The first-order valence-corrected chi connectivity index (χ1v) is 7.91. The average molecular weight is 376 g/mol. The zero-order chi connectivity index (χ0) is 13.0. The summed E-state index contributed by atoms with van der Waals surface area (Å²) < 4.78 is 0.881. The number of carbonyl (C=O) groups excluding carboxylic acids is 1. The van der Waals surface area contributed by atoms with Crippen LogP contribution in [0, 0.1) is 5.92 Å². The van der Waals surface area contributed by atoms with Gasteiger partial charge in [-0.1, -0.05) is 28.8 Å². The second-order valence-corrected chi connectivity index (χ2v) is 6.72. The van der Waals surface area contributed by atoms with Crippen LogP contribution in [0.2, 0.25) is 0 Å². The van der Waals surface area contributed by atoms with E-state index in [0.717, 1.165) is 11.0 Å². The molecule has 1 aliphatic rings. The smallest absolute Gasteiger partial charge is 0.269 e. The molecule has 0 aromatic carbocycles. The molecule has 98 valence electrons. The quantitative estimate of drug-likeness (QED) is 0.821. The topological polar surface area (TPSA) is 42.0 Å². The lowest BCUT2D eigenvalue weighted by Crippen LogP contribution is -2.34. The predicted molar refractivity (Wildman–Crippen MR) is 78.9 cm³/mol. The van der Waals surface area contributed by atoms with E-state index in [2.05, 4.69) is 42.2 Å². The van der Waals surface area contributed by atoms with E-state index in [-0.39, 0.29) is 5.91 Å². The second-order valence-electron chi connectivity index (χ2n) is 4.63. The molecule has 1 aromatic heterocycles. The van der Waals surface area contributed by atoms with Crippen LogP contribution in [0.15, 0.2) is 22.8 Å². The molecule has 1 N–H and O–H groups in total. The summed E-state index contributed by atoms with van der Waals surface area (Å²) in [6.45, 7) is 0.729. The van der Waals surface area contributed by atoms with E-state index >= 15 is 0 Å².